The molecule has 0 atom stereocenters. The summed E-state index contributed by atoms with van der Waals surface area (Å²) in [5.41, 5.74) is 7.98. The lowest BCUT2D eigenvalue weighted by Crippen LogP contribution is -2.02. The Morgan fingerprint density at radius 2 is 2.20 bits per heavy atom. The predicted octanol–water partition coefficient (Wildman–Crippen LogP) is 2.97. The topological polar surface area (TPSA) is 35.2 Å². The second-order valence-electron chi connectivity index (χ2n) is 2.98. The van der Waals surface area contributed by atoms with E-state index in [-0.39, 0.29) is 0 Å². The molecule has 0 aliphatic rings. The van der Waals surface area contributed by atoms with E-state index in [1.165, 1.54) is 5.54 Å². The van der Waals surface area contributed by atoms with Crippen molar-refractivity contribution in [2.24, 2.45) is 5.73 Å². The Labute approximate surface area is 99.6 Å². The second-order valence-corrected chi connectivity index (χ2v) is 3.64. The van der Waals surface area contributed by atoms with Crippen LogP contribution in [0.4, 0.5) is 0 Å². The summed E-state index contributed by atoms with van der Waals surface area (Å²) in [7, 11) is 0. The van der Waals surface area contributed by atoms with Crippen LogP contribution in [0.1, 0.15) is 5.56 Å². The fourth-order valence-corrected chi connectivity index (χ4v) is 1.49. The Balaban J connectivity index is 2.65. The molecule has 0 aliphatic heterocycles. The van der Waals surface area contributed by atoms with Crippen LogP contribution in [0, 0.1) is 0 Å². The van der Waals surface area contributed by atoms with Gasteiger partial charge in [0.15, 0.2) is 0 Å². The molecule has 0 aliphatic carbocycles. The van der Waals surface area contributed by atoms with E-state index in [0.29, 0.717) is 23.9 Å². The molecule has 2 N–H and O–H groups in total. The summed E-state index contributed by atoms with van der Waals surface area (Å²) in [6.07, 6.45) is 2.52. The molecule has 1 aromatic rings. The van der Waals surface area contributed by atoms with Gasteiger partial charge in [0.25, 0.3) is 0 Å². The molecule has 82 valence electrons. The van der Waals surface area contributed by atoms with E-state index in [4.69, 9.17) is 33.7 Å². The maximum absolute atomic E-state index is 6.02. The van der Waals surface area contributed by atoms with Crippen LogP contribution in [-0.2, 0) is 6.42 Å². The van der Waals surface area contributed by atoms with Crippen LogP contribution in [0.15, 0.2) is 29.8 Å². The van der Waals surface area contributed by atoms with Gasteiger partial charge >= 0.3 is 0 Å². The normalized spacial score (nSPS) is 10.9. The monoisotopic (exact) mass is 245 g/mol. The third-order valence-corrected chi connectivity index (χ3v) is 2.33. The molecule has 1 rings (SSSR count). The zero-order valence-corrected chi connectivity index (χ0v) is 9.76. The van der Waals surface area contributed by atoms with Crippen molar-refractivity contribution in [3.8, 4) is 5.75 Å². The molecular formula is C11H13Cl2NO. The number of hydrogen-bond donors (Lipinski definition) is 1. The summed E-state index contributed by atoms with van der Waals surface area (Å²) >= 11 is 11.4. The minimum atomic E-state index is 0.416. The fourth-order valence-electron chi connectivity index (χ4n) is 1.16. The van der Waals surface area contributed by atoms with E-state index in [1.54, 1.807) is 6.08 Å². The summed E-state index contributed by atoms with van der Waals surface area (Å²) < 4.78 is 5.38. The standard InChI is InChI=1S/C11H13Cl2NO/c12-5-1-7-15-11-3-2-9(4-6-14)8-10(11)13/h1-3,5,8H,4,6-7,14H2. The van der Waals surface area contributed by atoms with Crippen molar-refractivity contribution in [1.82, 2.24) is 0 Å². The van der Waals surface area contributed by atoms with E-state index in [2.05, 4.69) is 0 Å². The van der Waals surface area contributed by atoms with E-state index < -0.39 is 0 Å². The highest BCUT2D eigenvalue weighted by Crippen LogP contribution is 2.25. The van der Waals surface area contributed by atoms with Crippen LogP contribution < -0.4 is 10.5 Å². The molecular weight excluding hydrogens is 233 g/mol. The van der Waals surface area contributed by atoms with Gasteiger partial charge in [-0.05, 0) is 36.7 Å². The average Bonchev–Trinajstić information content (AvgIpc) is 2.22. The first kappa shape index (κ1) is 12.4. The van der Waals surface area contributed by atoms with Crippen molar-refractivity contribution in [3.05, 3.63) is 40.4 Å². The van der Waals surface area contributed by atoms with Crippen LogP contribution in [0.3, 0.4) is 0 Å². The zero-order valence-electron chi connectivity index (χ0n) is 8.25. The predicted molar refractivity (Wildman–Crippen MR) is 64.7 cm³/mol. The quantitative estimate of drug-likeness (QED) is 0.866. The lowest BCUT2D eigenvalue weighted by Gasteiger charge is -2.07. The van der Waals surface area contributed by atoms with Crippen molar-refractivity contribution < 1.29 is 4.74 Å². The summed E-state index contributed by atoms with van der Waals surface area (Å²) in [6, 6.07) is 5.67. The molecule has 0 radical (unpaired) electrons. The number of nitrogens with two attached hydrogens (primary N) is 1. The van der Waals surface area contributed by atoms with Gasteiger partial charge in [-0.25, -0.2) is 0 Å². The van der Waals surface area contributed by atoms with Gasteiger partial charge in [-0.1, -0.05) is 29.3 Å². The first-order chi connectivity index (χ1) is 7.27. The number of rotatable bonds is 5. The Morgan fingerprint density at radius 3 is 2.80 bits per heavy atom. The average molecular weight is 246 g/mol. The molecule has 0 spiro atoms. The molecule has 4 heteroatoms. The summed E-state index contributed by atoms with van der Waals surface area (Å²) in [5.74, 6) is 0.659. The molecule has 0 aromatic heterocycles. The summed E-state index contributed by atoms with van der Waals surface area (Å²) in [5, 5.41) is 0.601. The Kier molecular flexibility index (Phi) is 5.54. The van der Waals surface area contributed by atoms with Gasteiger partial charge in [-0.3, -0.25) is 0 Å². The minimum absolute atomic E-state index is 0.416. The largest absolute Gasteiger partial charge is 0.488 e. The van der Waals surface area contributed by atoms with Gasteiger partial charge in [-0.2, -0.15) is 0 Å². The summed E-state index contributed by atoms with van der Waals surface area (Å²) in [6.45, 7) is 1.03. The van der Waals surface area contributed by atoms with Crippen molar-refractivity contribution >= 4 is 23.2 Å². The first-order valence-corrected chi connectivity index (χ1v) is 5.46. The van der Waals surface area contributed by atoms with E-state index in [0.717, 1.165) is 12.0 Å². The summed E-state index contributed by atoms with van der Waals surface area (Å²) in [4.78, 5) is 0. The lowest BCUT2D eigenvalue weighted by atomic mass is 10.1. The smallest absolute Gasteiger partial charge is 0.138 e. The van der Waals surface area contributed by atoms with Crippen molar-refractivity contribution in [2.75, 3.05) is 13.2 Å². The fraction of sp³-hybridized carbons (Fsp3) is 0.273. The SMILES string of the molecule is NCCc1ccc(OCC=CCl)c(Cl)c1. The Bertz CT molecular complexity index is 339. The second kappa shape index (κ2) is 6.72. The number of benzene rings is 1. The van der Waals surface area contributed by atoms with Crippen LogP contribution in [0.2, 0.25) is 5.02 Å². The van der Waals surface area contributed by atoms with Crippen molar-refractivity contribution in [1.29, 1.82) is 0 Å². The molecule has 0 amide bonds. The van der Waals surface area contributed by atoms with Crippen LogP contribution in [0.25, 0.3) is 0 Å². The Hall–Kier alpha value is -0.700. The van der Waals surface area contributed by atoms with Crippen LogP contribution >= 0.6 is 23.2 Å². The minimum Gasteiger partial charge on any atom is -0.488 e. The van der Waals surface area contributed by atoms with Gasteiger partial charge < -0.3 is 10.5 Å². The highest BCUT2D eigenvalue weighted by Gasteiger charge is 2.01. The van der Waals surface area contributed by atoms with Crippen LogP contribution in [-0.4, -0.2) is 13.2 Å². The van der Waals surface area contributed by atoms with Gasteiger partial charge in [0.1, 0.15) is 12.4 Å². The van der Waals surface area contributed by atoms with E-state index >= 15 is 0 Å². The third-order valence-electron chi connectivity index (χ3n) is 1.85. The molecule has 15 heavy (non-hydrogen) atoms. The molecule has 0 saturated carbocycles. The molecule has 1 aromatic carbocycles. The third kappa shape index (κ3) is 4.12. The lowest BCUT2D eigenvalue weighted by molar-refractivity contribution is 0.363. The van der Waals surface area contributed by atoms with Gasteiger partial charge in [0.05, 0.1) is 5.02 Å². The molecule has 0 fully saturated rings. The van der Waals surface area contributed by atoms with E-state index in [1.807, 2.05) is 18.2 Å². The maximum Gasteiger partial charge on any atom is 0.138 e. The Morgan fingerprint density at radius 1 is 1.40 bits per heavy atom. The van der Waals surface area contributed by atoms with Gasteiger partial charge in [0.2, 0.25) is 0 Å². The molecule has 0 unspecified atom stereocenters. The molecule has 0 heterocycles. The highest BCUT2D eigenvalue weighted by molar-refractivity contribution is 6.32. The molecule has 2 nitrogen and oxygen atoms in total. The first-order valence-electron chi connectivity index (χ1n) is 4.64. The van der Waals surface area contributed by atoms with Gasteiger partial charge in [-0.15, -0.1) is 0 Å². The zero-order chi connectivity index (χ0) is 11.1. The number of hydrogen-bond acceptors (Lipinski definition) is 2. The van der Waals surface area contributed by atoms with E-state index in [9.17, 15) is 0 Å². The van der Waals surface area contributed by atoms with Gasteiger partial charge in [0, 0.05) is 5.54 Å². The molecule has 0 saturated heterocycles. The van der Waals surface area contributed by atoms with Crippen LogP contribution in [0.5, 0.6) is 5.75 Å². The number of ether oxygens (including phenoxy) is 1. The van der Waals surface area contributed by atoms with Crippen molar-refractivity contribution in [3.63, 3.8) is 0 Å². The highest BCUT2D eigenvalue weighted by atomic mass is 35.5. The maximum atomic E-state index is 6.02. The number of halogens is 2. The molecule has 0 bridgehead atoms. The van der Waals surface area contributed by atoms with Crippen molar-refractivity contribution in [2.45, 2.75) is 6.42 Å².